The van der Waals surface area contributed by atoms with Crippen molar-refractivity contribution < 1.29 is 18.9 Å². The van der Waals surface area contributed by atoms with Gasteiger partial charge in [-0.3, -0.25) is 14.4 Å². The maximum atomic E-state index is 12.5. The van der Waals surface area contributed by atoms with Gasteiger partial charge in [0, 0.05) is 9.75 Å². The first kappa shape index (κ1) is 16.3. The maximum Gasteiger partial charge on any atom is 0.199 e. The van der Waals surface area contributed by atoms with Crippen molar-refractivity contribution in [3.8, 4) is 10.4 Å². The second-order valence-corrected chi connectivity index (χ2v) is 7.03. The number of allylic oxidation sites excluding steroid dienone is 2. The molecule has 0 saturated heterocycles. The van der Waals surface area contributed by atoms with Gasteiger partial charge in [-0.2, -0.15) is 0 Å². The van der Waals surface area contributed by atoms with E-state index in [2.05, 4.69) is 18.3 Å². The molecule has 2 aromatic rings. The minimum atomic E-state index is -1.05. The highest BCUT2D eigenvalue weighted by Gasteiger charge is 2.42. The zero-order chi connectivity index (χ0) is 17.8. The topological polar surface area (TPSA) is 77.2 Å². The largest absolute Gasteiger partial charge is 0.361 e. The predicted molar refractivity (Wildman–Crippen MR) is 90.1 cm³/mol. The van der Waals surface area contributed by atoms with Gasteiger partial charge in [-0.15, -0.1) is 11.3 Å². The summed E-state index contributed by atoms with van der Waals surface area (Å²) in [6.45, 7) is 12.5. The van der Waals surface area contributed by atoms with Crippen LogP contribution in [-0.2, 0) is 14.4 Å². The van der Waals surface area contributed by atoms with E-state index < -0.39 is 23.3 Å². The van der Waals surface area contributed by atoms with Crippen molar-refractivity contribution in [1.82, 2.24) is 5.16 Å². The number of rotatable bonds is 2. The first-order chi connectivity index (χ1) is 11.2. The van der Waals surface area contributed by atoms with Crippen LogP contribution in [0.15, 0.2) is 34.9 Å². The molecule has 0 aromatic carbocycles. The van der Waals surface area contributed by atoms with E-state index in [4.69, 9.17) is 4.52 Å². The van der Waals surface area contributed by atoms with Crippen LogP contribution in [0, 0.1) is 20.8 Å². The molecule has 2 aromatic heterocycles. The standard InChI is InChI=1S/C18H15NO4S/c1-7-16(20)8(2)18(22)15(17(7)21)12-6-13(24-11(12)5)14-9(3)19-23-10(14)4/h6,15H,1-2H2,3-5H3. The molecule has 5 nitrogen and oxygen atoms in total. The molecule has 0 amide bonds. The zero-order valence-electron chi connectivity index (χ0n) is 13.6. The van der Waals surface area contributed by atoms with E-state index in [0.717, 1.165) is 21.0 Å². The summed E-state index contributed by atoms with van der Waals surface area (Å²) in [4.78, 5) is 38.5. The zero-order valence-corrected chi connectivity index (χ0v) is 14.4. The number of ketones is 3. The molecule has 2 heterocycles. The van der Waals surface area contributed by atoms with Gasteiger partial charge in [0.25, 0.3) is 0 Å². The van der Waals surface area contributed by atoms with Gasteiger partial charge < -0.3 is 4.52 Å². The van der Waals surface area contributed by atoms with Crippen LogP contribution >= 0.6 is 11.3 Å². The summed E-state index contributed by atoms with van der Waals surface area (Å²) < 4.78 is 5.18. The minimum Gasteiger partial charge on any atom is -0.361 e. The van der Waals surface area contributed by atoms with Crippen molar-refractivity contribution in [3.63, 3.8) is 0 Å². The van der Waals surface area contributed by atoms with Crippen molar-refractivity contribution >= 4 is 28.7 Å². The first-order valence-electron chi connectivity index (χ1n) is 7.28. The van der Waals surface area contributed by atoms with Crippen molar-refractivity contribution in [3.05, 3.63) is 52.3 Å². The van der Waals surface area contributed by atoms with Gasteiger partial charge in [0.15, 0.2) is 17.3 Å². The number of thiophene rings is 1. The van der Waals surface area contributed by atoms with Crippen LogP contribution in [0.2, 0.25) is 0 Å². The molecule has 0 spiro atoms. The van der Waals surface area contributed by atoms with E-state index in [-0.39, 0.29) is 11.1 Å². The van der Waals surface area contributed by atoms with Gasteiger partial charge in [-0.1, -0.05) is 18.3 Å². The second kappa shape index (κ2) is 5.49. The molecule has 0 radical (unpaired) electrons. The quantitative estimate of drug-likeness (QED) is 0.476. The molecule has 1 aliphatic carbocycles. The molecule has 0 N–H and O–H groups in total. The molecule has 6 heteroatoms. The van der Waals surface area contributed by atoms with Gasteiger partial charge in [0.05, 0.1) is 22.4 Å². The molecule has 1 saturated carbocycles. The SMILES string of the molecule is C=C1C(=O)C(=C)C(=O)C(c2cc(-c3c(C)noc3C)sc2C)C1=O. The number of nitrogens with zero attached hydrogens (tertiary/aromatic N) is 1. The average Bonchev–Trinajstić information content (AvgIpc) is 3.06. The van der Waals surface area contributed by atoms with Crippen molar-refractivity contribution in [2.24, 2.45) is 0 Å². The van der Waals surface area contributed by atoms with Gasteiger partial charge in [-0.25, -0.2) is 0 Å². The Morgan fingerprint density at radius 3 is 2.17 bits per heavy atom. The van der Waals surface area contributed by atoms with Crippen LogP contribution in [-0.4, -0.2) is 22.5 Å². The lowest BCUT2D eigenvalue weighted by Crippen LogP contribution is -2.35. The predicted octanol–water partition coefficient (Wildman–Crippen LogP) is 3.25. The molecule has 0 aliphatic heterocycles. The van der Waals surface area contributed by atoms with Crippen molar-refractivity contribution in [1.29, 1.82) is 0 Å². The van der Waals surface area contributed by atoms with E-state index in [1.54, 1.807) is 6.07 Å². The Morgan fingerprint density at radius 2 is 1.67 bits per heavy atom. The summed E-state index contributed by atoms with van der Waals surface area (Å²) >= 11 is 1.45. The third-order valence-corrected chi connectivity index (χ3v) is 5.30. The molecule has 122 valence electrons. The number of hydrogen-bond acceptors (Lipinski definition) is 6. The summed E-state index contributed by atoms with van der Waals surface area (Å²) in [6, 6.07) is 1.79. The Labute approximate surface area is 142 Å². The first-order valence-corrected chi connectivity index (χ1v) is 8.10. The fraction of sp³-hybridized carbons (Fsp3) is 0.222. The molecule has 1 aliphatic rings. The van der Waals surface area contributed by atoms with E-state index in [1.807, 2.05) is 20.8 Å². The Kier molecular flexibility index (Phi) is 3.72. The maximum absolute atomic E-state index is 12.5. The molecule has 0 atom stereocenters. The fourth-order valence-corrected chi connectivity index (χ4v) is 4.10. The molecule has 0 bridgehead atoms. The van der Waals surface area contributed by atoms with E-state index >= 15 is 0 Å². The smallest absolute Gasteiger partial charge is 0.199 e. The number of carbonyl (C=O) groups excluding carboxylic acids is 3. The molecule has 0 unspecified atom stereocenters. The Hall–Kier alpha value is -2.60. The number of Topliss-reactive ketones (excluding diaryl/α,β-unsaturated/α-hetero) is 3. The average molecular weight is 341 g/mol. The van der Waals surface area contributed by atoms with Crippen LogP contribution in [0.4, 0.5) is 0 Å². The lowest BCUT2D eigenvalue weighted by Gasteiger charge is -2.21. The number of carbonyl (C=O) groups is 3. The van der Waals surface area contributed by atoms with E-state index in [0.29, 0.717) is 11.3 Å². The minimum absolute atomic E-state index is 0.186. The molecule has 24 heavy (non-hydrogen) atoms. The highest BCUT2D eigenvalue weighted by atomic mass is 32.1. The van der Waals surface area contributed by atoms with Gasteiger partial charge in [-0.05, 0) is 32.4 Å². The third kappa shape index (κ3) is 2.22. The summed E-state index contributed by atoms with van der Waals surface area (Å²) in [5, 5.41) is 3.93. The monoisotopic (exact) mass is 341 g/mol. The van der Waals surface area contributed by atoms with E-state index in [9.17, 15) is 14.4 Å². The van der Waals surface area contributed by atoms with E-state index in [1.165, 1.54) is 11.3 Å². The summed E-state index contributed by atoms with van der Waals surface area (Å²) in [6.07, 6.45) is 0. The van der Waals surface area contributed by atoms with Crippen LogP contribution in [0.3, 0.4) is 0 Å². The molecule has 1 fully saturated rings. The number of hydrogen-bond donors (Lipinski definition) is 0. The van der Waals surface area contributed by atoms with Crippen LogP contribution in [0.25, 0.3) is 10.4 Å². The van der Waals surface area contributed by atoms with Crippen LogP contribution in [0.5, 0.6) is 0 Å². The van der Waals surface area contributed by atoms with Crippen molar-refractivity contribution in [2.45, 2.75) is 26.7 Å². The lowest BCUT2D eigenvalue weighted by atomic mass is 9.76. The fourth-order valence-electron chi connectivity index (χ4n) is 2.90. The Bertz CT molecular complexity index is 895. The third-order valence-electron chi connectivity index (χ3n) is 4.21. The summed E-state index contributed by atoms with van der Waals surface area (Å²) in [5.74, 6) is -2.15. The molecular formula is C18H15NO4S. The highest BCUT2D eigenvalue weighted by Crippen LogP contribution is 2.40. The van der Waals surface area contributed by atoms with Gasteiger partial charge in [0.2, 0.25) is 0 Å². The van der Waals surface area contributed by atoms with Crippen molar-refractivity contribution in [2.75, 3.05) is 0 Å². The Balaban J connectivity index is 2.12. The van der Waals surface area contributed by atoms with Gasteiger partial charge >= 0.3 is 0 Å². The highest BCUT2D eigenvalue weighted by molar-refractivity contribution is 7.15. The number of aryl methyl sites for hydroxylation is 3. The van der Waals surface area contributed by atoms with Gasteiger partial charge in [0.1, 0.15) is 11.7 Å². The second-order valence-electron chi connectivity index (χ2n) is 5.77. The van der Waals surface area contributed by atoms with Crippen LogP contribution < -0.4 is 0 Å². The molecule has 3 rings (SSSR count). The summed E-state index contributed by atoms with van der Waals surface area (Å²) in [7, 11) is 0. The molecular weight excluding hydrogens is 326 g/mol. The number of aromatic nitrogens is 1. The Morgan fingerprint density at radius 1 is 1.08 bits per heavy atom. The lowest BCUT2D eigenvalue weighted by molar-refractivity contribution is -0.130. The normalized spacial score (nSPS) is 16.4. The van der Waals surface area contributed by atoms with Crippen LogP contribution in [0.1, 0.15) is 27.8 Å². The summed E-state index contributed by atoms with van der Waals surface area (Å²) in [5.41, 5.74) is 1.81.